The van der Waals surface area contributed by atoms with E-state index in [1.165, 1.54) is 7.05 Å². The average Bonchev–Trinajstić information content (AvgIpc) is 2.13. The van der Waals surface area contributed by atoms with Gasteiger partial charge in [-0.05, 0) is 6.92 Å². The summed E-state index contributed by atoms with van der Waals surface area (Å²) >= 11 is 0. The van der Waals surface area contributed by atoms with E-state index in [4.69, 9.17) is 0 Å². The first-order chi connectivity index (χ1) is 6.97. The summed E-state index contributed by atoms with van der Waals surface area (Å²) in [6, 6.07) is -0.733. The Morgan fingerprint density at radius 3 is 2.53 bits per heavy atom. The summed E-state index contributed by atoms with van der Waals surface area (Å²) in [5, 5.41) is 2.15. The molecule has 0 unspecified atom stereocenters. The van der Waals surface area contributed by atoms with Gasteiger partial charge in [-0.25, -0.2) is 13.6 Å². The fraction of sp³-hybridized carbons (Fsp3) is 0.750. The number of ether oxygens (including phenoxy) is 1. The third kappa shape index (κ3) is 6.64. The zero-order valence-electron chi connectivity index (χ0n) is 8.63. The highest BCUT2D eigenvalue weighted by molar-refractivity contribution is 5.80. The maximum absolute atomic E-state index is 11.9. The van der Waals surface area contributed by atoms with E-state index in [9.17, 15) is 18.4 Å². The van der Waals surface area contributed by atoms with Gasteiger partial charge in [0, 0.05) is 7.05 Å². The molecule has 0 bridgehead atoms. The Morgan fingerprint density at radius 1 is 1.47 bits per heavy atom. The van der Waals surface area contributed by atoms with Crippen molar-refractivity contribution in [2.45, 2.75) is 13.3 Å². The van der Waals surface area contributed by atoms with Crippen LogP contribution in [0, 0.1) is 0 Å². The van der Waals surface area contributed by atoms with Crippen LogP contribution in [-0.2, 0) is 9.53 Å². The second-order valence-corrected chi connectivity index (χ2v) is 2.74. The first kappa shape index (κ1) is 13.6. The molecule has 88 valence electrons. The molecular weight excluding hydrogens is 210 g/mol. The van der Waals surface area contributed by atoms with Crippen LogP contribution in [0.5, 0.6) is 0 Å². The topological polar surface area (TPSA) is 58.6 Å². The Kier molecular flexibility index (Phi) is 6.32. The summed E-state index contributed by atoms with van der Waals surface area (Å²) in [4.78, 5) is 22.6. The van der Waals surface area contributed by atoms with Gasteiger partial charge in [0.2, 0.25) is 0 Å². The van der Waals surface area contributed by atoms with E-state index in [1.54, 1.807) is 6.92 Å². The molecule has 0 spiro atoms. The predicted octanol–water partition coefficient (Wildman–Crippen LogP) is 0.456. The van der Waals surface area contributed by atoms with Crippen molar-refractivity contribution < 1.29 is 23.1 Å². The largest absolute Gasteiger partial charge is 0.465 e. The van der Waals surface area contributed by atoms with Crippen molar-refractivity contribution in [3.63, 3.8) is 0 Å². The summed E-state index contributed by atoms with van der Waals surface area (Å²) in [5.74, 6) is -0.601. The van der Waals surface area contributed by atoms with E-state index in [0.29, 0.717) is 0 Å². The number of urea groups is 1. The van der Waals surface area contributed by atoms with Crippen LogP contribution < -0.4 is 5.32 Å². The minimum atomic E-state index is -2.59. The summed E-state index contributed by atoms with van der Waals surface area (Å²) in [6.45, 7) is 0.846. The highest BCUT2D eigenvalue weighted by Gasteiger charge is 2.14. The zero-order valence-corrected chi connectivity index (χ0v) is 8.63. The zero-order chi connectivity index (χ0) is 11.8. The molecule has 0 aliphatic carbocycles. The van der Waals surface area contributed by atoms with Crippen molar-refractivity contribution in [2.24, 2.45) is 0 Å². The van der Waals surface area contributed by atoms with Crippen LogP contribution >= 0.6 is 0 Å². The molecule has 1 N–H and O–H groups in total. The lowest BCUT2D eigenvalue weighted by Gasteiger charge is -2.16. The SMILES string of the molecule is CCOC(=O)CNC(=O)N(C)CC(F)F. The van der Waals surface area contributed by atoms with Crippen LogP contribution in [-0.4, -0.2) is 50.1 Å². The lowest BCUT2D eigenvalue weighted by molar-refractivity contribution is -0.141. The molecule has 5 nitrogen and oxygen atoms in total. The van der Waals surface area contributed by atoms with Crippen molar-refractivity contribution in [3.8, 4) is 0 Å². The number of nitrogens with zero attached hydrogens (tertiary/aromatic N) is 1. The summed E-state index contributed by atoms with van der Waals surface area (Å²) in [5.41, 5.74) is 0. The predicted molar refractivity (Wildman–Crippen MR) is 48.7 cm³/mol. The van der Waals surface area contributed by atoms with Crippen molar-refractivity contribution in [3.05, 3.63) is 0 Å². The first-order valence-electron chi connectivity index (χ1n) is 4.40. The third-order valence-electron chi connectivity index (χ3n) is 1.45. The number of carbonyl (C=O) groups excluding carboxylic acids is 2. The van der Waals surface area contributed by atoms with Gasteiger partial charge in [0.05, 0.1) is 13.2 Å². The Hall–Kier alpha value is -1.40. The smallest absolute Gasteiger partial charge is 0.325 e. The Labute approximate surface area is 86.4 Å². The number of halogens is 2. The Morgan fingerprint density at radius 2 is 2.07 bits per heavy atom. The number of hydrogen-bond acceptors (Lipinski definition) is 3. The van der Waals surface area contributed by atoms with Crippen LogP contribution in [0.4, 0.5) is 13.6 Å². The van der Waals surface area contributed by atoms with Crippen molar-refractivity contribution >= 4 is 12.0 Å². The molecule has 0 radical (unpaired) electrons. The molecule has 0 aliphatic heterocycles. The molecule has 0 rings (SSSR count). The van der Waals surface area contributed by atoms with Gasteiger partial charge >= 0.3 is 12.0 Å². The van der Waals surface area contributed by atoms with E-state index >= 15 is 0 Å². The Bertz CT molecular complexity index is 224. The van der Waals surface area contributed by atoms with E-state index in [1.807, 2.05) is 0 Å². The fourth-order valence-corrected chi connectivity index (χ4v) is 0.785. The van der Waals surface area contributed by atoms with Gasteiger partial charge in [-0.15, -0.1) is 0 Å². The maximum Gasteiger partial charge on any atom is 0.325 e. The molecule has 0 aromatic carbocycles. The average molecular weight is 224 g/mol. The second-order valence-electron chi connectivity index (χ2n) is 2.74. The summed E-state index contributed by atoms with van der Waals surface area (Å²) in [6.07, 6.45) is -2.59. The van der Waals surface area contributed by atoms with Gasteiger partial charge in [0.15, 0.2) is 0 Å². The fourth-order valence-electron chi connectivity index (χ4n) is 0.785. The van der Waals surface area contributed by atoms with Crippen LogP contribution in [0.25, 0.3) is 0 Å². The van der Waals surface area contributed by atoms with Crippen LogP contribution in [0.1, 0.15) is 6.92 Å². The maximum atomic E-state index is 11.9. The molecule has 0 saturated carbocycles. The normalized spacial score (nSPS) is 9.93. The quantitative estimate of drug-likeness (QED) is 0.690. The number of alkyl halides is 2. The standard InChI is InChI=1S/C8H14F2N2O3/c1-3-15-7(13)4-11-8(14)12(2)5-6(9)10/h6H,3-5H2,1-2H3,(H,11,14). The molecule has 2 amide bonds. The third-order valence-corrected chi connectivity index (χ3v) is 1.45. The van der Waals surface area contributed by atoms with Crippen LogP contribution in [0.2, 0.25) is 0 Å². The first-order valence-corrected chi connectivity index (χ1v) is 4.40. The molecule has 7 heteroatoms. The van der Waals surface area contributed by atoms with Crippen LogP contribution in [0.3, 0.4) is 0 Å². The second kappa shape index (κ2) is 6.97. The number of rotatable bonds is 5. The number of hydrogen-bond donors (Lipinski definition) is 1. The van der Waals surface area contributed by atoms with E-state index in [0.717, 1.165) is 4.90 Å². The molecule has 15 heavy (non-hydrogen) atoms. The van der Waals surface area contributed by atoms with Crippen LogP contribution in [0.15, 0.2) is 0 Å². The van der Waals surface area contributed by atoms with E-state index in [2.05, 4.69) is 10.1 Å². The molecule has 0 aromatic rings. The Balaban J connectivity index is 3.78. The monoisotopic (exact) mass is 224 g/mol. The van der Waals surface area contributed by atoms with E-state index in [-0.39, 0.29) is 13.2 Å². The molecule has 0 saturated heterocycles. The highest BCUT2D eigenvalue weighted by Crippen LogP contribution is 1.95. The molecule has 0 atom stereocenters. The minimum Gasteiger partial charge on any atom is -0.465 e. The van der Waals surface area contributed by atoms with Gasteiger partial charge in [-0.1, -0.05) is 0 Å². The molecule has 0 aliphatic rings. The molecule has 0 aromatic heterocycles. The molecular formula is C8H14F2N2O3. The van der Waals surface area contributed by atoms with Gasteiger partial charge in [-0.3, -0.25) is 4.79 Å². The highest BCUT2D eigenvalue weighted by atomic mass is 19.3. The summed E-state index contributed by atoms with van der Waals surface area (Å²) in [7, 11) is 1.21. The van der Waals surface area contributed by atoms with Gasteiger partial charge in [0.25, 0.3) is 6.43 Å². The van der Waals surface area contributed by atoms with Crippen molar-refractivity contribution in [1.82, 2.24) is 10.2 Å². The number of nitrogens with one attached hydrogen (secondary N) is 1. The lowest BCUT2D eigenvalue weighted by atomic mass is 10.5. The lowest BCUT2D eigenvalue weighted by Crippen LogP contribution is -2.42. The number of carbonyl (C=O) groups is 2. The molecule has 0 fully saturated rings. The summed E-state index contributed by atoms with van der Waals surface area (Å²) < 4.78 is 28.2. The van der Waals surface area contributed by atoms with Gasteiger partial charge < -0.3 is 15.0 Å². The van der Waals surface area contributed by atoms with Crippen molar-refractivity contribution in [1.29, 1.82) is 0 Å². The number of amides is 2. The van der Waals surface area contributed by atoms with Crippen molar-refractivity contribution in [2.75, 3.05) is 26.7 Å². The van der Waals surface area contributed by atoms with Gasteiger partial charge in [0.1, 0.15) is 6.54 Å². The minimum absolute atomic E-state index is 0.210. The van der Waals surface area contributed by atoms with E-state index < -0.39 is 25.0 Å². The number of esters is 1. The van der Waals surface area contributed by atoms with Gasteiger partial charge in [-0.2, -0.15) is 0 Å². The molecule has 0 heterocycles.